The minimum Gasteiger partial charge on any atom is -0.447 e. The molecule has 0 amide bonds. The molecule has 26 heavy (non-hydrogen) atoms. The molecule has 0 heterocycles. The summed E-state index contributed by atoms with van der Waals surface area (Å²) in [6.45, 7) is 1.93. The zero-order chi connectivity index (χ0) is 18.4. The summed E-state index contributed by atoms with van der Waals surface area (Å²) in [7, 11) is 0. The highest BCUT2D eigenvalue weighted by atomic mass is 16.6. The van der Waals surface area contributed by atoms with E-state index in [0.29, 0.717) is 24.2 Å². The number of carbonyl (C=O) groups excluding carboxylic acids is 2. The van der Waals surface area contributed by atoms with Gasteiger partial charge in [0.25, 0.3) is 0 Å². The summed E-state index contributed by atoms with van der Waals surface area (Å²) >= 11 is 0. The fraction of sp³-hybridized carbons (Fsp3) is 0.182. The lowest BCUT2D eigenvalue weighted by molar-refractivity contribution is -0.144. The molecule has 132 valence electrons. The van der Waals surface area contributed by atoms with Gasteiger partial charge in [-0.15, -0.1) is 0 Å². The van der Waals surface area contributed by atoms with Crippen LogP contribution in [0.1, 0.15) is 30.1 Å². The topological polar surface area (TPSA) is 52.6 Å². The van der Waals surface area contributed by atoms with E-state index in [0.717, 1.165) is 10.8 Å². The van der Waals surface area contributed by atoms with Crippen LogP contribution in [-0.4, -0.2) is 18.0 Å². The normalized spacial score (nSPS) is 11.7. The summed E-state index contributed by atoms with van der Waals surface area (Å²) in [6, 6.07) is 21.8. The van der Waals surface area contributed by atoms with Crippen molar-refractivity contribution in [3.8, 4) is 5.75 Å². The van der Waals surface area contributed by atoms with Crippen LogP contribution in [0.25, 0.3) is 10.8 Å². The zero-order valence-corrected chi connectivity index (χ0v) is 14.6. The number of carbonyl (C=O) groups is 2. The Morgan fingerprint density at radius 3 is 2.35 bits per heavy atom. The summed E-state index contributed by atoms with van der Waals surface area (Å²) in [5.41, 5.74) is 0.409. The Balaban J connectivity index is 1.77. The summed E-state index contributed by atoms with van der Waals surface area (Å²) in [6.07, 6.45) is 0.159. The average Bonchev–Trinajstić information content (AvgIpc) is 2.68. The van der Waals surface area contributed by atoms with Crippen molar-refractivity contribution >= 4 is 22.7 Å². The van der Waals surface area contributed by atoms with Gasteiger partial charge in [-0.05, 0) is 30.0 Å². The van der Waals surface area contributed by atoms with Crippen LogP contribution in [0.5, 0.6) is 5.75 Å². The molecule has 0 saturated carbocycles. The average molecular weight is 348 g/mol. The van der Waals surface area contributed by atoms with Gasteiger partial charge in [-0.25, -0.2) is 9.59 Å². The molecule has 3 rings (SSSR count). The first kappa shape index (κ1) is 17.7. The van der Waals surface area contributed by atoms with Gasteiger partial charge in [0.1, 0.15) is 5.75 Å². The maximum atomic E-state index is 12.6. The van der Waals surface area contributed by atoms with Gasteiger partial charge in [-0.3, -0.25) is 0 Å². The molecule has 0 saturated heterocycles. The van der Waals surface area contributed by atoms with Crippen LogP contribution in [0.15, 0.2) is 72.8 Å². The van der Waals surface area contributed by atoms with Crippen molar-refractivity contribution in [3.05, 3.63) is 78.4 Å². The first-order valence-electron chi connectivity index (χ1n) is 8.64. The molecule has 1 atom stereocenters. The Labute approximate surface area is 152 Å². The maximum absolute atomic E-state index is 12.6. The van der Waals surface area contributed by atoms with Crippen molar-refractivity contribution in [1.29, 1.82) is 0 Å². The highest BCUT2D eigenvalue weighted by molar-refractivity contribution is 5.93. The number of fused-ring (bicyclic) bond motifs is 1. The van der Waals surface area contributed by atoms with E-state index in [4.69, 9.17) is 9.47 Å². The Hall–Kier alpha value is -3.14. The summed E-state index contributed by atoms with van der Waals surface area (Å²) in [5, 5.41) is 1.82. The highest BCUT2D eigenvalue weighted by Gasteiger charge is 2.25. The third-order valence-corrected chi connectivity index (χ3v) is 4.03. The number of ether oxygens (including phenoxy) is 2. The molecule has 0 aliphatic carbocycles. The smallest absolute Gasteiger partial charge is 0.352 e. The van der Waals surface area contributed by atoms with Gasteiger partial charge in [0, 0.05) is 5.39 Å². The van der Waals surface area contributed by atoms with Crippen LogP contribution >= 0.6 is 0 Å². The summed E-state index contributed by atoms with van der Waals surface area (Å²) in [4.78, 5) is 24.9. The molecule has 3 aromatic carbocycles. The minimum absolute atomic E-state index is 0.405. The molecule has 0 N–H and O–H groups in total. The summed E-state index contributed by atoms with van der Waals surface area (Å²) in [5.74, 6) is -0.628. The van der Waals surface area contributed by atoms with Crippen LogP contribution in [0.4, 0.5) is 0 Å². The van der Waals surface area contributed by atoms with Crippen LogP contribution in [-0.2, 0) is 9.53 Å². The number of hydrogen-bond acceptors (Lipinski definition) is 4. The van der Waals surface area contributed by atoms with E-state index >= 15 is 0 Å². The summed E-state index contributed by atoms with van der Waals surface area (Å²) < 4.78 is 11.0. The van der Waals surface area contributed by atoms with E-state index in [-0.39, 0.29) is 0 Å². The van der Waals surface area contributed by atoms with Crippen molar-refractivity contribution in [2.24, 2.45) is 0 Å². The van der Waals surface area contributed by atoms with E-state index < -0.39 is 18.0 Å². The number of esters is 2. The second kappa shape index (κ2) is 8.30. The van der Waals surface area contributed by atoms with Gasteiger partial charge in [0.05, 0.1) is 5.56 Å². The van der Waals surface area contributed by atoms with E-state index in [9.17, 15) is 9.59 Å². The Bertz CT molecular complexity index is 897. The SMILES string of the molecule is CCCC(OC(=O)c1ccccc1)C(=O)Oc1cccc2ccccc12. The molecular weight excluding hydrogens is 328 g/mol. The standard InChI is InChI=1S/C22H20O4/c1-2-9-20(26-21(23)17-11-4-3-5-12-17)22(24)25-19-15-8-13-16-10-6-7-14-18(16)19/h3-8,10-15,20H,2,9H2,1H3. The third kappa shape index (κ3) is 4.09. The van der Waals surface area contributed by atoms with Gasteiger partial charge in [-0.1, -0.05) is 67.9 Å². The zero-order valence-electron chi connectivity index (χ0n) is 14.6. The second-order valence-corrected chi connectivity index (χ2v) is 5.95. The maximum Gasteiger partial charge on any atom is 0.352 e. The van der Waals surface area contributed by atoms with E-state index in [1.54, 1.807) is 30.3 Å². The third-order valence-electron chi connectivity index (χ3n) is 4.03. The van der Waals surface area contributed by atoms with Gasteiger partial charge < -0.3 is 9.47 Å². The Morgan fingerprint density at radius 2 is 1.58 bits per heavy atom. The van der Waals surface area contributed by atoms with E-state index in [1.165, 1.54) is 0 Å². The van der Waals surface area contributed by atoms with Crippen molar-refractivity contribution in [3.63, 3.8) is 0 Å². The predicted molar refractivity (Wildman–Crippen MR) is 100 cm³/mol. The molecule has 4 nitrogen and oxygen atoms in total. The monoisotopic (exact) mass is 348 g/mol. The number of rotatable bonds is 6. The Kier molecular flexibility index (Phi) is 5.64. The fourth-order valence-corrected chi connectivity index (χ4v) is 2.72. The van der Waals surface area contributed by atoms with Crippen LogP contribution in [0.3, 0.4) is 0 Å². The van der Waals surface area contributed by atoms with Crippen molar-refractivity contribution in [1.82, 2.24) is 0 Å². The molecular formula is C22H20O4. The van der Waals surface area contributed by atoms with Gasteiger partial charge in [0.2, 0.25) is 0 Å². The van der Waals surface area contributed by atoms with Crippen molar-refractivity contribution in [2.75, 3.05) is 0 Å². The lowest BCUT2D eigenvalue weighted by Crippen LogP contribution is -2.31. The van der Waals surface area contributed by atoms with Gasteiger partial charge in [0.15, 0.2) is 6.10 Å². The first-order chi connectivity index (χ1) is 12.7. The molecule has 0 aliphatic rings. The lowest BCUT2D eigenvalue weighted by atomic mass is 10.1. The largest absolute Gasteiger partial charge is 0.447 e. The molecule has 0 bridgehead atoms. The van der Waals surface area contributed by atoms with E-state index in [1.807, 2.05) is 49.4 Å². The van der Waals surface area contributed by atoms with Gasteiger partial charge in [-0.2, -0.15) is 0 Å². The molecule has 1 unspecified atom stereocenters. The molecule has 0 aromatic heterocycles. The first-order valence-corrected chi connectivity index (χ1v) is 8.64. The fourth-order valence-electron chi connectivity index (χ4n) is 2.72. The van der Waals surface area contributed by atoms with E-state index in [2.05, 4.69) is 0 Å². The van der Waals surface area contributed by atoms with Crippen LogP contribution < -0.4 is 4.74 Å². The molecule has 0 fully saturated rings. The van der Waals surface area contributed by atoms with Crippen LogP contribution in [0, 0.1) is 0 Å². The predicted octanol–water partition coefficient (Wildman–Crippen LogP) is 4.77. The second-order valence-electron chi connectivity index (χ2n) is 5.95. The molecule has 0 radical (unpaired) electrons. The highest BCUT2D eigenvalue weighted by Crippen LogP contribution is 2.26. The van der Waals surface area contributed by atoms with Crippen molar-refractivity contribution < 1.29 is 19.1 Å². The molecule has 0 aliphatic heterocycles. The number of hydrogen-bond donors (Lipinski definition) is 0. The van der Waals surface area contributed by atoms with Gasteiger partial charge >= 0.3 is 11.9 Å². The van der Waals surface area contributed by atoms with Crippen LogP contribution in [0.2, 0.25) is 0 Å². The quantitative estimate of drug-likeness (QED) is 0.475. The molecule has 0 spiro atoms. The lowest BCUT2D eigenvalue weighted by Gasteiger charge is -2.17. The Morgan fingerprint density at radius 1 is 0.885 bits per heavy atom. The molecule has 3 aromatic rings. The van der Waals surface area contributed by atoms with Crippen molar-refractivity contribution in [2.45, 2.75) is 25.9 Å². The minimum atomic E-state index is -0.938. The molecule has 4 heteroatoms. The number of benzene rings is 3.